The molecule has 0 atom stereocenters. The minimum atomic E-state index is 0. The minimum Gasteiger partial charge on any atom is -0.356 e. The van der Waals surface area contributed by atoms with E-state index in [1.54, 1.807) is 26.0 Å². The number of carbonyl (C=O) groups is 1. The van der Waals surface area contributed by atoms with Crippen molar-refractivity contribution in [2.45, 2.75) is 12.8 Å². The van der Waals surface area contributed by atoms with E-state index in [4.69, 9.17) is 0 Å². The lowest BCUT2D eigenvalue weighted by Gasteiger charge is -2.13. The molecule has 0 radical (unpaired) electrons. The summed E-state index contributed by atoms with van der Waals surface area (Å²) in [6.07, 6.45) is 3.50. The second kappa shape index (κ2) is 11.5. The van der Waals surface area contributed by atoms with Crippen LogP contribution in [0.15, 0.2) is 53.7 Å². The molecule has 2 aromatic heterocycles. The van der Waals surface area contributed by atoms with Crippen molar-refractivity contribution in [1.29, 1.82) is 0 Å². The van der Waals surface area contributed by atoms with Gasteiger partial charge >= 0.3 is 0 Å². The first-order valence-electron chi connectivity index (χ1n) is 9.62. The molecule has 0 aliphatic carbocycles. The Bertz CT molecular complexity index is 1000. The Balaban J connectivity index is 0.00000320. The van der Waals surface area contributed by atoms with E-state index in [0.717, 1.165) is 35.8 Å². The third-order valence-corrected chi connectivity index (χ3v) is 4.54. The van der Waals surface area contributed by atoms with Crippen LogP contribution in [0.25, 0.3) is 5.65 Å². The van der Waals surface area contributed by atoms with Crippen molar-refractivity contribution in [3.05, 3.63) is 65.6 Å². The molecule has 2 heterocycles. The number of guanidine groups is 1. The highest BCUT2D eigenvalue weighted by molar-refractivity contribution is 14.0. The molecule has 0 bridgehead atoms. The quantitative estimate of drug-likeness (QED) is 0.282. The van der Waals surface area contributed by atoms with Crippen LogP contribution < -0.4 is 10.6 Å². The summed E-state index contributed by atoms with van der Waals surface area (Å²) in [5.41, 5.74) is 2.66. The normalized spacial score (nSPS) is 11.1. The van der Waals surface area contributed by atoms with Crippen molar-refractivity contribution in [3.8, 4) is 0 Å². The number of hydrogen-bond donors (Lipinski definition) is 2. The zero-order valence-corrected chi connectivity index (χ0v) is 19.8. The molecule has 160 valence electrons. The standard InChI is InChI=1S/C21H27N7O.HI/c1-22-21(24-13-11-19-26-25-18-9-4-5-14-28(18)19)23-12-10-16-7-6-8-17(15-16)20(29)27(2)3;/h4-9,14-15H,10-13H2,1-3H3,(H2,22,23,24);1H. The molecule has 30 heavy (non-hydrogen) atoms. The molecule has 1 amide bonds. The van der Waals surface area contributed by atoms with Gasteiger partial charge in [-0.2, -0.15) is 0 Å². The topological polar surface area (TPSA) is 86.9 Å². The Kier molecular flexibility index (Phi) is 9.03. The van der Waals surface area contributed by atoms with Crippen LogP contribution in [0.3, 0.4) is 0 Å². The number of carbonyl (C=O) groups excluding carboxylic acids is 1. The number of aromatic nitrogens is 3. The van der Waals surface area contributed by atoms with Crippen molar-refractivity contribution >= 4 is 41.5 Å². The molecule has 0 saturated carbocycles. The van der Waals surface area contributed by atoms with E-state index in [-0.39, 0.29) is 29.9 Å². The van der Waals surface area contributed by atoms with Crippen LogP contribution in [0.2, 0.25) is 0 Å². The maximum Gasteiger partial charge on any atom is 0.253 e. The molecule has 0 fully saturated rings. The summed E-state index contributed by atoms with van der Waals surface area (Å²) in [5, 5.41) is 15.0. The van der Waals surface area contributed by atoms with Crippen LogP contribution in [0.5, 0.6) is 0 Å². The van der Waals surface area contributed by atoms with Gasteiger partial charge < -0.3 is 15.5 Å². The minimum absolute atomic E-state index is 0. The lowest BCUT2D eigenvalue weighted by atomic mass is 10.1. The van der Waals surface area contributed by atoms with Crippen molar-refractivity contribution in [3.63, 3.8) is 0 Å². The first-order valence-corrected chi connectivity index (χ1v) is 9.62. The number of benzene rings is 1. The van der Waals surface area contributed by atoms with Crippen LogP contribution in [0.1, 0.15) is 21.7 Å². The molecule has 0 aliphatic rings. The summed E-state index contributed by atoms with van der Waals surface area (Å²) in [6, 6.07) is 13.6. The number of fused-ring (bicyclic) bond motifs is 1. The van der Waals surface area contributed by atoms with E-state index in [2.05, 4.69) is 25.8 Å². The molecule has 0 unspecified atom stereocenters. The van der Waals surface area contributed by atoms with E-state index in [9.17, 15) is 4.79 Å². The largest absolute Gasteiger partial charge is 0.356 e. The molecule has 3 aromatic rings. The van der Waals surface area contributed by atoms with Crippen LogP contribution in [0.4, 0.5) is 0 Å². The van der Waals surface area contributed by atoms with E-state index in [1.165, 1.54) is 0 Å². The van der Waals surface area contributed by atoms with E-state index < -0.39 is 0 Å². The highest BCUT2D eigenvalue weighted by Gasteiger charge is 2.08. The Morgan fingerprint density at radius 2 is 1.83 bits per heavy atom. The van der Waals surface area contributed by atoms with Crippen molar-refractivity contribution in [2.24, 2.45) is 4.99 Å². The predicted octanol–water partition coefficient (Wildman–Crippen LogP) is 2.00. The van der Waals surface area contributed by atoms with E-state index in [0.29, 0.717) is 18.7 Å². The SMILES string of the molecule is CN=C(NCCc1cccc(C(=O)N(C)C)c1)NCCc1nnc2ccccn12.I. The Morgan fingerprint density at radius 3 is 2.57 bits per heavy atom. The lowest BCUT2D eigenvalue weighted by molar-refractivity contribution is 0.0827. The highest BCUT2D eigenvalue weighted by Crippen LogP contribution is 2.08. The fourth-order valence-electron chi connectivity index (χ4n) is 3.02. The van der Waals surface area contributed by atoms with Gasteiger partial charge in [0.2, 0.25) is 0 Å². The second-order valence-electron chi connectivity index (χ2n) is 6.87. The number of amides is 1. The summed E-state index contributed by atoms with van der Waals surface area (Å²) < 4.78 is 1.99. The Morgan fingerprint density at radius 1 is 1.07 bits per heavy atom. The molecular formula is C21H28IN7O. The first kappa shape index (κ1) is 23.6. The van der Waals surface area contributed by atoms with Gasteiger partial charge in [0.15, 0.2) is 11.6 Å². The van der Waals surface area contributed by atoms with Gasteiger partial charge in [-0.25, -0.2) is 0 Å². The van der Waals surface area contributed by atoms with E-state index in [1.807, 2.05) is 53.1 Å². The van der Waals surface area contributed by atoms with Crippen molar-refractivity contribution in [2.75, 3.05) is 34.2 Å². The smallest absolute Gasteiger partial charge is 0.253 e. The maximum absolute atomic E-state index is 12.1. The summed E-state index contributed by atoms with van der Waals surface area (Å²) in [4.78, 5) is 17.9. The molecule has 8 nitrogen and oxygen atoms in total. The van der Waals surface area contributed by atoms with Crippen molar-refractivity contribution < 1.29 is 4.79 Å². The number of nitrogens with one attached hydrogen (secondary N) is 2. The fourth-order valence-corrected chi connectivity index (χ4v) is 3.02. The van der Waals surface area contributed by atoms with Crippen LogP contribution in [-0.4, -0.2) is 65.6 Å². The van der Waals surface area contributed by atoms with Gasteiger partial charge in [0.1, 0.15) is 5.82 Å². The zero-order chi connectivity index (χ0) is 20.6. The molecule has 0 spiro atoms. The molecule has 0 aliphatic heterocycles. The van der Waals surface area contributed by atoms with Gasteiger partial charge in [-0.15, -0.1) is 34.2 Å². The number of aliphatic imine (C=N–C) groups is 1. The van der Waals surface area contributed by atoms with Crippen LogP contribution in [-0.2, 0) is 12.8 Å². The van der Waals surface area contributed by atoms with Gasteiger partial charge in [-0.3, -0.25) is 14.2 Å². The average Bonchev–Trinajstić information content (AvgIpc) is 3.15. The van der Waals surface area contributed by atoms with Gasteiger partial charge in [-0.05, 0) is 36.2 Å². The molecular weight excluding hydrogens is 493 g/mol. The molecule has 0 saturated heterocycles. The Hall–Kier alpha value is -2.69. The van der Waals surface area contributed by atoms with E-state index >= 15 is 0 Å². The summed E-state index contributed by atoms with van der Waals surface area (Å²) in [7, 11) is 5.27. The molecule has 3 rings (SSSR count). The molecule has 9 heteroatoms. The number of rotatable bonds is 7. The number of halogens is 1. The number of hydrogen-bond acceptors (Lipinski definition) is 4. The Labute approximate surface area is 193 Å². The monoisotopic (exact) mass is 521 g/mol. The van der Waals surface area contributed by atoms with Crippen LogP contribution in [0, 0.1) is 0 Å². The third kappa shape index (κ3) is 6.15. The van der Waals surface area contributed by atoms with Gasteiger partial charge in [0, 0.05) is 52.4 Å². The van der Waals surface area contributed by atoms with Crippen molar-refractivity contribution in [1.82, 2.24) is 30.1 Å². The van der Waals surface area contributed by atoms with Gasteiger partial charge in [0.25, 0.3) is 5.91 Å². The first-order chi connectivity index (χ1) is 14.1. The highest BCUT2D eigenvalue weighted by atomic mass is 127. The van der Waals surface area contributed by atoms with Crippen LogP contribution >= 0.6 is 24.0 Å². The summed E-state index contributed by atoms with van der Waals surface area (Å²) >= 11 is 0. The fraction of sp³-hybridized carbons (Fsp3) is 0.333. The summed E-state index contributed by atoms with van der Waals surface area (Å²) in [5.74, 6) is 1.66. The maximum atomic E-state index is 12.1. The second-order valence-corrected chi connectivity index (χ2v) is 6.87. The zero-order valence-electron chi connectivity index (χ0n) is 17.5. The van der Waals surface area contributed by atoms with Gasteiger partial charge in [0.05, 0.1) is 0 Å². The third-order valence-electron chi connectivity index (χ3n) is 4.54. The summed E-state index contributed by atoms with van der Waals surface area (Å²) in [6.45, 7) is 1.41. The predicted molar refractivity (Wildman–Crippen MR) is 130 cm³/mol. The van der Waals surface area contributed by atoms with Gasteiger partial charge in [-0.1, -0.05) is 18.2 Å². The lowest BCUT2D eigenvalue weighted by Crippen LogP contribution is -2.39. The average molecular weight is 521 g/mol. The number of nitrogens with zero attached hydrogens (tertiary/aromatic N) is 5. The molecule has 1 aromatic carbocycles. The number of pyridine rings is 1. The molecule has 2 N–H and O–H groups in total.